The third-order valence-corrected chi connectivity index (χ3v) is 5.64. The molecule has 1 saturated heterocycles. The van der Waals surface area contributed by atoms with E-state index in [1.807, 2.05) is 49.1 Å². The van der Waals surface area contributed by atoms with Gasteiger partial charge < -0.3 is 19.9 Å². The molecular weight excluding hydrogens is 393 g/mol. The van der Waals surface area contributed by atoms with Crippen LogP contribution in [0.1, 0.15) is 37.4 Å². The van der Waals surface area contributed by atoms with Crippen LogP contribution in [0.3, 0.4) is 0 Å². The van der Waals surface area contributed by atoms with Gasteiger partial charge in [-0.15, -0.1) is 0 Å². The Morgan fingerprint density at radius 3 is 2.52 bits per heavy atom. The standard InChI is InChI=1S/C25H34FN3O2/c1-19(2)31-18-24(22-7-5-4-6-8-22)27-25(30)29(17-21-13-14-28(3)15-21)16-20-9-11-23(26)12-10-20/h4-12,19,21,24H,13-18H2,1-3H3,(H,27,30)/t21-,24?/m1/s1. The summed E-state index contributed by atoms with van der Waals surface area (Å²) in [7, 11) is 2.11. The average molecular weight is 428 g/mol. The molecule has 2 amide bonds. The lowest BCUT2D eigenvalue weighted by Crippen LogP contribution is -2.44. The summed E-state index contributed by atoms with van der Waals surface area (Å²) in [6, 6.07) is 15.9. The maximum Gasteiger partial charge on any atom is 0.318 e. The van der Waals surface area contributed by atoms with Crippen molar-refractivity contribution in [1.29, 1.82) is 0 Å². The van der Waals surface area contributed by atoms with E-state index in [0.29, 0.717) is 25.6 Å². The van der Waals surface area contributed by atoms with Gasteiger partial charge in [0.25, 0.3) is 0 Å². The summed E-state index contributed by atoms with van der Waals surface area (Å²) in [5.41, 5.74) is 1.93. The predicted molar refractivity (Wildman–Crippen MR) is 121 cm³/mol. The smallest absolute Gasteiger partial charge is 0.318 e. The van der Waals surface area contributed by atoms with Gasteiger partial charge in [0.1, 0.15) is 5.82 Å². The molecule has 3 rings (SSSR count). The molecule has 2 atom stereocenters. The Morgan fingerprint density at radius 1 is 1.19 bits per heavy atom. The molecule has 0 saturated carbocycles. The van der Waals surface area contributed by atoms with Gasteiger partial charge in [-0.3, -0.25) is 0 Å². The molecule has 31 heavy (non-hydrogen) atoms. The molecule has 6 heteroatoms. The molecule has 2 aromatic carbocycles. The van der Waals surface area contributed by atoms with Gasteiger partial charge in [0.2, 0.25) is 0 Å². The van der Waals surface area contributed by atoms with Gasteiger partial charge in [-0.2, -0.15) is 0 Å². The number of halogens is 1. The first-order chi connectivity index (χ1) is 14.9. The normalized spacial score (nSPS) is 17.6. The number of urea groups is 1. The lowest BCUT2D eigenvalue weighted by atomic mass is 10.1. The molecule has 0 bridgehead atoms. The highest BCUT2D eigenvalue weighted by Gasteiger charge is 2.26. The Morgan fingerprint density at radius 2 is 1.90 bits per heavy atom. The fourth-order valence-electron chi connectivity index (χ4n) is 3.95. The average Bonchev–Trinajstić information content (AvgIpc) is 3.17. The Balaban J connectivity index is 1.74. The van der Waals surface area contributed by atoms with E-state index in [-0.39, 0.29) is 24.0 Å². The van der Waals surface area contributed by atoms with E-state index in [2.05, 4.69) is 17.3 Å². The third kappa shape index (κ3) is 7.33. The fourth-order valence-corrected chi connectivity index (χ4v) is 3.95. The molecule has 0 spiro atoms. The lowest BCUT2D eigenvalue weighted by Gasteiger charge is -2.29. The van der Waals surface area contributed by atoms with Crippen molar-refractivity contribution in [3.05, 3.63) is 71.5 Å². The fraction of sp³-hybridized carbons (Fsp3) is 0.480. The van der Waals surface area contributed by atoms with Gasteiger partial charge in [-0.1, -0.05) is 42.5 Å². The predicted octanol–water partition coefficient (Wildman–Crippen LogP) is 4.46. The number of rotatable bonds is 9. The number of amides is 2. The minimum Gasteiger partial charge on any atom is -0.376 e. The minimum atomic E-state index is -0.271. The van der Waals surface area contributed by atoms with Crippen LogP contribution in [0.25, 0.3) is 0 Å². The maximum absolute atomic E-state index is 13.4. The molecule has 0 aromatic heterocycles. The molecule has 1 aliphatic heterocycles. The lowest BCUT2D eigenvalue weighted by molar-refractivity contribution is 0.0609. The van der Waals surface area contributed by atoms with E-state index >= 15 is 0 Å². The second-order valence-electron chi connectivity index (χ2n) is 8.72. The molecule has 168 valence electrons. The van der Waals surface area contributed by atoms with Crippen LogP contribution in [0.5, 0.6) is 0 Å². The number of carbonyl (C=O) groups is 1. The van der Waals surface area contributed by atoms with Crippen LogP contribution in [-0.4, -0.2) is 55.2 Å². The van der Waals surface area contributed by atoms with Gasteiger partial charge in [-0.25, -0.2) is 9.18 Å². The van der Waals surface area contributed by atoms with Crippen LogP contribution < -0.4 is 5.32 Å². The first-order valence-electron chi connectivity index (χ1n) is 11.1. The largest absolute Gasteiger partial charge is 0.376 e. The Labute approximate surface area is 185 Å². The summed E-state index contributed by atoms with van der Waals surface area (Å²) in [6.45, 7) is 7.52. The summed E-state index contributed by atoms with van der Waals surface area (Å²) in [5.74, 6) is 0.158. The molecule has 1 aliphatic rings. The van der Waals surface area contributed by atoms with Crippen LogP contribution >= 0.6 is 0 Å². The molecule has 2 aromatic rings. The number of nitrogens with one attached hydrogen (secondary N) is 1. The second-order valence-corrected chi connectivity index (χ2v) is 8.72. The zero-order valence-electron chi connectivity index (χ0n) is 18.8. The van der Waals surface area contributed by atoms with Gasteiger partial charge in [0.15, 0.2) is 0 Å². The van der Waals surface area contributed by atoms with Crippen LogP contribution in [0.2, 0.25) is 0 Å². The Kier molecular flexibility index (Phi) is 8.43. The summed E-state index contributed by atoms with van der Waals surface area (Å²) < 4.78 is 19.2. The zero-order chi connectivity index (χ0) is 22.2. The third-order valence-electron chi connectivity index (χ3n) is 5.64. The van der Waals surface area contributed by atoms with Crippen molar-refractivity contribution < 1.29 is 13.9 Å². The van der Waals surface area contributed by atoms with Crippen molar-refractivity contribution >= 4 is 6.03 Å². The van der Waals surface area contributed by atoms with E-state index in [4.69, 9.17) is 4.74 Å². The molecule has 1 heterocycles. The van der Waals surface area contributed by atoms with Gasteiger partial charge >= 0.3 is 6.03 Å². The SMILES string of the molecule is CC(C)OCC(NC(=O)N(Cc1ccc(F)cc1)C[C@@H]1CCN(C)C1)c1ccccc1. The molecule has 0 radical (unpaired) electrons. The van der Waals surface area contributed by atoms with Crippen molar-refractivity contribution in [2.24, 2.45) is 5.92 Å². The Hall–Kier alpha value is -2.44. The highest BCUT2D eigenvalue weighted by atomic mass is 19.1. The highest BCUT2D eigenvalue weighted by molar-refractivity contribution is 5.74. The number of likely N-dealkylation sites (tertiary alicyclic amines) is 1. The van der Waals surface area contributed by atoms with E-state index in [0.717, 1.165) is 30.6 Å². The Bertz CT molecular complexity index is 813. The number of nitrogens with zero attached hydrogens (tertiary/aromatic N) is 2. The van der Waals surface area contributed by atoms with Crippen molar-refractivity contribution in [2.45, 2.75) is 39.0 Å². The van der Waals surface area contributed by atoms with Crippen molar-refractivity contribution in [2.75, 3.05) is 33.3 Å². The molecule has 1 fully saturated rings. The topological polar surface area (TPSA) is 44.8 Å². The number of benzene rings is 2. The number of hydrogen-bond acceptors (Lipinski definition) is 3. The van der Waals surface area contributed by atoms with Crippen LogP contribution in [0, 0.1) is 11.7 Å². The highest BCUT2D eigenvalue weighted by Crippen LogP contribution is 2.19. The monoisotopic (exact) mass is 427 g/mol. The van der Waals surface area contributed by atoms with Crippen molar-refractivity contribution in [3.63, 3.8) is 0 Å². The minimum absolute atomic E-state index is 0.0764. The van der Waals surface area contributed by atoms with Crippen molar-refractivity contribution in [3.8, 4) is 0 Å². The van der Waals surface area contributed by atoms with Crippen molar-refractivity contribution in [1.82, 2.24) is 15.1 Å². The molecule has 0 aliphatic carbocycles. The quantitative estimate of drug-likeness (QED) is 0.643. The van der Waals surface area contributed by atoms with E-state index < -0.39 is 0 Å². The summed E-state index contributed by atoms with van der Waals surface area (Å²) in [4.78, 5) is 17.5. The summed E-state index contributed by atoms with van der Waals surface area (Å²) >= 11 is 0. The van der Waals surface area contributed by atoms with Gasteiger partial charge in [0.05, 0.1) is 18.8 Å². The van der Waals surface area contributed by atoms with Gasteiger partial charge in [0, 0.05) is 19.6 Å². The molecule has 5 nitrogen and oxygen atoms in total. The van der Waals surface area contributed by atoms with E-state index in [1.165, 1.54) is 12.1 Å². The van der Waals surface area contributed by atoms with E-state index in [1.54, 1.807) is 12.1 Å². The number of carbonyl (C=O) groups excluding carboxylic acids is 1. The molecule has 1 N–H and O–H groups in total. The second kappa shape index (κ2) is 11.3. The first kappa shape index (κ1) is 23.2. The van der Waals surface area contributed by atoms with E-state index in [9.17, 15) is 9.18 Å². The van der Waals surface area contributed by atoms with Gasteiger partial charge in [-0.05, 0) is 63.0 Å². The van der Waals surface area contributed by atoms with Crippen LogP contribution in [0.4, 0.5) is 9.18 Å². The van der Waals surface area contributed by atoms with Crippen LogP contribution in [-0.2, 0) is 11.3 Å². The summed E-state index contributed by atoms with van der Waals surface area (Å²) in [6.07, 6.45) is 1.15. The summed E-state index contributed by atoms with van der Waals surface area (Å²) in [5, 5.41) is 3.18. The number of ether oxygens (including phenoxy) is 1. The molecule has 1 unspecified atom stereocenters. The molecular formula is C25H34FN3O2. The first-order valence-corrected chi connectivity index (χ1v) is 11.1. The van der Waals surface area contributed by atoms with Crippen LogP contribution in [0.15, 0.2) is 54.6 Å². The zero-order valence-corrected chi connectivity index (χ0v) is 18.8. The number of hydrogen-bond donors (Lipinski definition) is 1. The maximum atomic E-state index is 13.4.